The standard InChI is InChI=1S/C11H20O/c1-3-4-5-9-12-11-8-6-7-10(11)2/h7,11H,3-6,8-9H2,1-2H3. The molecule has 1 aliphatic rings. The number of unbranched alkanes of at least 4 members (excludes halogenated alkanes) is 2. The van der Waals surface area contributed by atoms with Crippen molar-refractivity contribution in [1.82, 2.24) is 0 Å². The van der Waals surface area contributed by atoms with Crippen molar-refractivity contribution in [3.63, 3.8) is 0 Å². The Bertz CT molecular complexity index is 149. The van der Waals surface area contributed by atoms with Crippen LogP contribution in [0.25, 0.3) is 0 Å². The van der Waals surface area contributed by atoms with Gasteiger partial charge in [-0.1, -0.05) is 25.8 Å². The van der Waals surface area contributed by atoms with Crippen molar-refractivity contribution in [2.24, 2.45) is 0 Å². The Hall–Kier alpha value is -0.300. The van der Waals surface area contributed by atoms with Crippen LogP contribution in [-0.2, 0) is 4.74 Å². The summed E-state index contributed by atoms with van der Waals surface area (Å²) in [7, 11) is 0. The first-order valence-corrected chi connectivity index (χ1v) is 5.13. The van der Waals surface area contributed by atoms with Gasteiger partial charge in [-0.3, -0.25) is 0 Å². The van der Waals surface area contributed by atoms with Gasteiger partial charge in [0.1, 0.15) is 0 Å². The van der Waals surface area contributed by atoms with Crippen molar-refractivity contribution in [3.8, 4) is 0 Å². The van der Waals surface area contributed by atoms with E-state index in [0.717, 1.165) is 6.61 Å². The van der Waals surface area contributed by atoms with Crippen LogP contribution in [0.2, 0.25) is 0 Å². The summed E-state index contributed by atoms with van der Waals surface area (Å²) in [6.07, 6.45) is 8.97. The van der Waals surface area contributed by atoms with Crippen molar-refractivity contribution in [1.29, 1.82) is 0 Å². The molecule has 0 saturated carbocycles. The lowest BCUT2D eigenvalue weighted by Gasteiger charge is -2.12. The predicted octanol–water partition coefficient (Wildman–Crippen LogP) is 3.30. The zero-order valence-corrected chi connectivity index (χ0v) is 8.31. The van der Waals surface area contributed by atoms with Gasteiger partial charge in [0.2, 0.25) is 0 Å². The van der Waals surface area contributed by atoms with Gasteiger partial charge in [0.15, 0.2) is 0 Å². The molecule has 0 bridgehead atoms. The third kappa shape index (κ3) is 2.98. The Kier molecular flexibility index (Phi) is 4.37. The molecule has 0 fully saturated rings. The summed E-state index contributed by atoms with van der Waals surface area (Å²) in [5, 5.41) is 0. The van der Waals surface area contributed by atoms with Gasteiger partial charge in [-0.2, -0.15) is 0 Å². The monoisotopic (exact) mass is 168 g/mol. The minimum absolute atomic E-state index is 0.446. The molecule has 1 nitrogen and oxygen atoms in total. The molecule has 0 spiro atoms. The molecule has 0 aromatic heterocycles. The van der Waals surface area contributed by atoms with E-state index in [0.29, 0.717) is 6.10 Å². The third-order valence-corrected chi connectivity index (χ3v) is 2.47. The highest BCUT2D eigenvalue weighted by atomic mass is 16.5. The van der Waals surface area contributed by atoms with Crippen molar-refractivity contribution in [3.05, 3.63) is 11.6 Å². The van der Waals surface area contributed by atoms with Crippen LogP contribution in [0.15, 0.2) is 11.6 Å². The molecule has 1 rings (SSSR count). The molecule has 0 aliphatic heterocycles. The van der Waals surface area contributed by atoms with Crippen LogP contribution < -0.4 is 0 Å². The third-order valence-electron chi connectivity index (χ3n) is 2.47. The number of hydrogen-bond acceptors (Lipinski definition) is 1. The SMILES string of the molecule is CCCCCOC1CCC=C1C. The van der Waals surface area contributed by atoms with E-state index in [1.807, 2.05) is 0 Å². The number of ether oxygens (including phenoxy) is 1. The first-order chi connectivity index (χ1) is 5.84. The maximum atomic E-state index is 5.75. The van der Waals surface area contributed by atoms with E-state index in [1.165, 1.54) is 37.7 Å². The highest BCUT2D eigenvalue weighted by molar-refractivity contribution is 5.11. The molecule has 12 heavy (non-hydrogen) atoms. The number of allylic oxidation sites excluding steroid dienone is 1. The average Bonchev–Trinajstić information content (AvgIpc) is 2.46. The number of rotatable bonds is 5. The summed E-state index contributed by atoms with van der Waals surface area (Å²) in [5.74, 6) is 0. The molecule has 1 unspecified atom stereocenters. The fraction of sp³-hybridized carbons (Fsp3) is 0.818. The van der Waals surface area contributed by atoms with E-state index < -0.39 is 0 Å². The lowest BCUT2D eigenvalue weighted by Crippen LogP contribution is -2.11. The van der Waals surface area contributed by atoms with Gasteiger partial charge in [0.25, 0.3) is 0 Å². The first-order valence-electron chi connectivity index (χ1n) is 5.13. The average molecular weight is 168 g/mol. The Morgan fingerprint density at radius 1 is 1.50 bits per heavy atom. The Labute approximate surface area is 75.8 Å². The molecule has 70 valence electrons. The summed E-state index contributed by atoms with van der Waals surface area (Å²) in [6, 6.07) is 0. The van der Waals surface area contributed by atoms with Gasteiger partial charge in [0.05, 0.1) is 6.10 Å². The molecule has 0 aromatic carbocycles. The van der Waals surface area contributed by atoms with Crippen molar-refractivity contribution >= 4 is 0 Å². The van der Waals surface area contributed by atoms with Gasteiger partial charge in [-0.05, 0) is 31.8 Å². The Morgan fingerprint density at radius 2 is 2.33 bits per heavy atom. The van der Waals surface area contributed by atoms with E-state index in [9.17, 15) is 0 Å². The molecule has 0 heterocycles. The van der Waals surface area contributed by atoms with E-state index >= 15 is 0 Å². The Morgan fingerprint density at radius 3 is 2.92 bits per heavy atom. The molecule has 1 aliphatic carbocycles. The predicted molar refractivity (Wildman–Crippen MR) is 52.3 cm³/mol. The van der Waals surface area contributed by atoms with Gasteiger partial charge in [0, 0.05) is 6.61 Å². The summed E-state index contributed by atoms with van der Waals surface area (Å²) >= 11 is 0. The summed E-state index contributed by atoms with van der Waals surface area (Å²) in [4.78, 5) is 0. The van der Waals surface area contributed by atoms with E-state index in [-0.39, 0.29) is 0 Å². The van der Waals surface area contributed by atoms with Crippen molar-refractivity contribution in [2.45, 2.75) is 52.1 Å². The van der Waals surface area contributed by atoms with Crippen LogP contribution in [0.4, 0.5) is 0 Å². The largest absolute Gasteiger partial charge is 0.374 e. The minimum atomic E-state index is 0.446. The van der Waals surface area contributed by atoms with Gasteiger partial charge in [-0.25, -0.2) is 0 Å². The molecule has 0 N–H and O–H groups in total. The zero-order valence-electron chi connectivity index (χ0n) is 8.31. The van der Waals surface area contributed by atoms with Crippen molar-refractivity contribution < 1.29 is 4.74 Å². The van der Waals surface area contributed by atoms with E-state index in [1.54, 1.807) is 0 Å². The second-order valence-electron chi connectivity index (χ2n) is 3.59. The molecule has 0 amide bonds. The normalized spacial score (nSPS) is 22.8. The molecule has 0 radical (unpaired) electrons. The molecule has 0 saturated heterocycles. The molecular weight excluding hydrogens is 148 g/mol. The van der Waals surface area contributed by atoms with Crippen molar-refractivity contribution in [2.75, 3.05) is 6.61 Å². The maximum absolute atomic E-state index is 5.75. The summed E-state index contributed by atoms with van der Waals surface area (Å²) in [6.45, 7) is 5.35. The summed E-state index contributed by atoms with van der Waals surface area (Å²) < 4.78 is 5.75. The van der Waals surface area contributed by atoms with Crippen LogP contribution in [0, 0.1) is 0 Å². The smallest absolute Gasteiger partial charge is 0.0785 e. The maximum Gasteiger partial charge on any atom is 0.0785 e. The van der Waals surface area contributed by atoms with Gasteiger partial charge in [-0.15, -0.1) is 0 Å². The van der Waals surface area contributed by atoms with Crippen LogP contribution >= 0.6 is 0 Å². The van der Waals surface area contributed by atoms with Crippen LogP contribution in [0.3, 0.4) is 0 Å². The fourth-order valence-corrected chi connectivity index (χ4v) is 1.61. The summed E-state index contributed by atoms with van der Waals surface area (Å²) in [5.41, 5.74) is 1.44. The van der Waals surface area contributed by atoms with Crippen LogP contribution in [0.5, 0.6) is 0 Å². The number of hydrogen-bond donors (Lipinski definition) is 0. The zero-order chi connectivity index (χ0) is 8.81. The van der Waals surface area contributed by atoms with Gasteiger partial charge < -0.3 is 4.74 Å². The molecule has 0 aromatic rings. The highest BCUT2D eigenvalue weighted by Crippen LogP contribution is 2.21. The quantitative estimate of drug-likeness (QED) is 0.452. The van der Waals surface area contributed by atoms with Crippen LogP contribution in [0.1, 0.15) is 46.0 Å². The second-order valence-corrected chi connectivity index (χ2v) is 3.59. The fourth-order valence-electron chi connectivity index (χ4n) is 1.61. The lowest BCUT2D eigenvalue weighted by atomic mass is 10.2. The Balaban J connectivity index is 2.03. The topological polar surface area (TPSA) is 9.23 Å². The van der Waals surface area contributed by atoms with Crippen LogP contribution in [-0.4, -0.2) is 12.7 Å². The second kappa shape index (κ2) is 5.36. The van der Waals surface area contributed by atoms with Gasteiger partial charge >= 0.3 is 0 Å². The lowest BCUT2D eigenvalue weighted by molar-refractivity contribution is 0.0753. The first kappa shape index (κ1) is 9.79. The minimum Gasteiger partial charge on any atom is -0.374 e. The molecule has 1 heteroatoms. The molecule has 1 atom stereocenters. The van der Waals surface area contributed by atoms with E-state index in [4.69, 9.17) is 4.74 Å². The van der Waals surface area contributed by atoms with E-state index in [2.05, 4.69) is 19.9 Å². The molecular formula is C11H20O. The highest BCUT2D eigenvalue weighted by Gasteiger charge is 2.14.